The first-order chi connectivity index (χ1) is 11.2. The number of methoxy groups -OCH3 is 1. The van der Waals surface area contributed by atoms with E-state index < -0.39 is 0 Å². The van der Waals surface area contributed by atoms with E-state index in [9.17, 15) is 0 Å². The molecule has 0 aliphatic rings. The molecular weight excluding hydrogens is 314 g/mol. The van der Waals surface area contributed by atoms with E-state index in [-0.39, 0.29) is 11.9 Å². The summed E-state index contributed by atoms with van der Waals surface area (Å²) >= 11 is 1.53. The fourth-order valence-electron chi connectivity index (χ4n) is 2.21. The van der Waals surface area contributed by atoms with Crippen molar-refractivity contribution in [1.29, 1.82) is 0 Å². The number of hydrogen-bond donors (Lipinski definition) is 2. The maximum absolute atomic E-state index is 5.60. The predicted octanol–water partition coefficient (Wildman–Crippen LogP) is 1.32. The second-order valence-electron chi connectivity index (χ2n) is 4.78. The number of nitrogen functional groups attached to an aromatic ring is 2. The van der Waals surface area contributed by atoms with Crippen molar-refractivity contribution in [3.8, 4) is 0 Å². The van der Waals surface area contributed by atoms with Crippen LogP contribution in [-0.2, 0) is 17.0 Å². The minimum atomic E-state index is 0.126. The molecule has 0 fully saturated rings. The molecule has 0 amide bonds. The Balaban J connectivity index is 1.86. The largest absolute Gasteiger partial charge is 0.383 e. The molecule has 0 unspecified atom stereocenters. The van der Waals surface area contributed by atoms with Crippen molar-refractivity contribution in [2.24, 2.45) is 0 Å². The van der Waals surface area contributed by atoms with E-state index in [2.05, 4.69) is 24.5 Å². The highest BCUT2D eigenvalue weighted by molar-refractivity contribution is 7.98. The maximum Gasteiger partial charge on any atom is 0.225 e. The first-order valence-electron chi connectivity index (χ1n) is 7.00. The third-order valence-electron chi connectivity index (χ3n) is 3.19. The number of benzene rings is 1. The molecule has 0 saturated heterocycles. The quantitative estimate of drug-likeness (QED) is 0.649. The highest BCUT2D eigenvalue weighted by atomic mass is 32.2. The predicted molar refractivity (Wildman–Crippen MR) is 89.8 cm³/mol. The SMILES string of the molecule is COCCn1c(SCc2nc(N)nc(N)n2)nc2ccccc21. The van der Waals surface area contributed by atoms with E-state index in [1.54, 1.807) is 7.11 Å². The molecule has 0 spiro atoms. The van der Waals surface area contributed by atoms with Crippen LogP contribution in [0.3, 0.4) is 0 Å². The number of imidazole rings is 1. The molecule has 2 aromatic heterocycles. The molecule has 3 rings (SSSR count). The van der Waals surface area contributed by atoms with Crippen LogP contribution in [0.1, 0.15) is 5.82 Å². The van der Waals surface area contributed by atoms with Gasteiger partial charge in [0.2, 0.25) is 11.9 Å². The molecule has 8 nitrogen and oxygen atoms in total. The topological polar surface area (TPSA) is 118 Å². The lowest BCUT2D eigenvalue weighted by atomic mass is 10.3. The van der Waals surface area contributed by atoms with Crippen LogP contribution in [0, 0.1) is 0 Å². The lowest BCUT2D eigenvalue weighted by Gasteiger charge is -2.08. The highest BCUT2D eigenvalue weighted by Crippen LogP contribution is 2.26. The van der Waals surface area contributed by atoms with Crippen LogP contribution in [0.15, 0.2) is 29.4 Å². The first kappa shape index (κ1) is 15.5. The minimum Gasteiger partial charge on any atom is -0.383 e. The number of anilines is 2. The average Bonchev–Trinajstić information content (AvgIpc) is 2.87. The van der Waals surface area contributed by atoms with Crippen LogP contribution in [0.2, 0.25) is 0 Å². The van der Waals surface area contributed by atoms with Gasteiger partial charge >= 0.3 is 0 Å². The molecule has 4 N–H and O–H groups in total. The Hall–Kier alpha value is -2.39. The van der Waals surface area contributed by atoms with Crippen molar-refractivity contribution in [2.45, 2.75) is 17.5 Å². The monoisotopic (exact) mass is 331 g/mol. The number of para-hydroxylation sites is 2. The Morgan fingerprint density at radius 1 is 1.09 bits per heavy atom. The highest BCUT2D eigenvalue weighted by Gasteiger charge is 2.12. The number of ether oxygens (including phenoxy) is 1. The summed E-state index contributed by atoms with van der Waals surface area (Å²) in [6.07, 6.45) is 0. The standard InChI is InChI=1S/C14H17N7OS/c1-22-7-6-21-10-5-3-2-4-9(10)17-14(21)23-8-11-18-12(15)20-13(16)19-11/h2-5H,6-8H2,1H3,(H4,15,16,18,19,20). The lowest BCUT2D eigenvalue weighted by Crippen LogP contribution is -2.07. The summed E-state index contributed by atoms with van der Waals surface area (Å²) in [7, 11) is 1.68. The average molecular weight is 331 g/mol. The molecule has 120 valence electrons. The molecule has 0 saturated carbocycles. The van der Waals surface area contributed by atoms with Gasteiger partial charge in [-0.25, -0.2) is 4.98 Å². The molecule has 9 heteroatoms. The van der Waals surface area contributed by atoms with Gasteiger partial charge in [-0.2, -0.15) is 15.0 Å². The molecule has 0 bridgehead atoms. The molecule has 2 heterocycles. The van der Waals surface area contributed by atoms with Crippen LogP contribution < -0.4 is 11.5 Å². The number of aromatic nitrogens is 5. The fourth-order valence-corrected chi connectivity index (χ4v) is 3.11. The minimum absolute atomic E-state index is 0.126. The summed E-state index contributed by atoms with van der Waals surface area (Å²) in [6.45, 7) is 1.33. The van der Waals surface area contributed by atoms with Crippen molar-refractivity contribution in [1.82, 2.24) is 24.5 Å². The Morgan fingerprint density at radius 3 is 2.57 bits per heavy atom. The van der Waals surface area contributed by atoms with Crippen molar-refractivity contribution in [3.63, 3.8) is 0 Å². The Morgan fingerprint density at radius 2 is 1.83 bits per heavy atom. The van der Waals surface area contributed by atoms with Gasteiger partial charge in [-0.05, 0) is 12.1 Å². The van der Waals surface area contributed by atoms with Crippen molar-refractivity contribution >= 4 is 34.7 Å². The van der Waals surface area contributed by atoms with E-state index in [1.165, 1.54) is 11.8 Å². The number of fused-ring (bicyclic) bond motifs is 1. The molecular formula is C14H17N7OS. The van der Waals surface area contributed by atoms with Crippen molar-refractivity contribution < 1.29 is 4.74 Å². The molecule has 0 atom stereocenters. The number of rotatable bonds is 6. The first-order valence-corrected chi connectivity index (χ1v) is 7.99. The van der Waals surface area contributed by atoms with Crippen molar-refractivity contribution in [3.05, 3.63) is 30.1 Å². The molecule has 0 radical (unpaired) electrons. The van der Waals surface area contributed by atoms with Crippen LogP contribution in [0.4, 0.5) is 11.9 Å². The van der Waals surface area contributed by atoms with Gasteiger partial charge in [-0.1, -0.05) is 23.9 Å². The number of hydrogen-bond acceptors (Lipinski definition) is 8. The van der Waals surface area contributed by atoms with E-state index in [0.29, 0.717) is 18.2 Å². The number of nitrogens with zero attached hydrogens (tertiary/aromatic N) is 5. The summed E-state index contributed by atoms with van der Waals surface area (Å²) in [5, 5.41) is 0.876. The number of nitrogens with two attached hydrogens (primary N) is 2. The van der Waals surface area contributed by atoms with Gasteiger partial charge in [0.15, 0.2) is 5.16 Å². The van der Waals surface area contributed by atoms with Crippen LogP contribution in [0.5, 0.6) is 0 Å². The Kier molecular flexibility index (Phi) is 4.58. The van der Waals surface area contributed by atoms with Gasteiger partial charge < -0.3 is 20.8 Å². The van der Waals surface area contributed by atoms with Crippen LogP contribution in [-0.4, -0.2) is 38.2 Å². The van der Waals surface area contributed by atoms with Crippen LogP contribution in [0.25, 0.3) is 11.0 Å². The third-order valence-corrected chi connectivity index (χ3v) is 4.16. The summed E-state index contributed by atoms with van der Waals surface area (Å²) < 4.78 is 7.31. The smallest absolute Gasteiger partial charge is 0.225 e. The zero-order valence-corrected chi connectivity index (χ0v) is 13.5. The van der Waals surface area contributed by atoms with Gasteiger partial charge in [-0.15, -0.1) is 0 Å². The van der Waals surface area contributed by atoms with Gasteiger partial charge in [0.25, 0.3) is 0 Å². The summed E-state index contributed by atoms with van der Waals surface area (Å²) in [6, 6.07) is 8.00. The zero-order valence-electron chi connectivity index (χ0n) is 12.6. The van der Waals surface area contributed by atoms with Crippen molar-refractivity contribution in [2.75, 3.05) is 25.2 Å². The van der Waals surface area contributed by atoms with Gasteiger partial charge in [-0.3, -0.25) is 0 Å². The molecule has 0 aliphatic carbocycles. The van der Waals surface area contributed by atoms with E-state index in [0.717, 1.165) is 22.7 Å². The molecule has 23 heavy (non-hydrogen) atoms. The van der Waals surface area contributed by atoms with E-state index >= 15 is 0 Å². The molecule has 3 aromatic rings. The summed E-state index contributed by atoms with van der Waals surface area (Å²) in [5.74, 6) is 1.29. The van der Waals surface area contributed by atoms with E-state index in [1.807, 2.05) is 24.3 Å². The Bertz CT molecular complexity index is 800. The molecule has 1 aromatic carbocycles. The maximum atomic E-state index is 5.60. The summed E-state index contributed by atoms with van der Waals surface area (Å²) in [5.41, 5.74) is 13.2. The number of thioether (sulfide) groups is 1. The van der Waals surface area contributed by atoms with Gasteiger partial charge in [0.05, 0.1) is 23.4 Å². The van der Waals surface area contributed by atoms with Crippen LogP contribution >= 0.6 is 11.8 Å². The van der Waals surface area contributed by atoms with E-state index in [4.69, 9.17) is 16.2 Å². The zero-order chi connectivity index (χ0) is 16.2. The fraction of sp³-hybridized carbons (Fsp3) is 0.286. The molecule has 0 aliphatic heterocycles. The van der Waals surface area contributed by atoms with Gasteiger partial charge in [0, 0.05) is 13.7 Å². The lowest BCUT2D eigenvalue weighted by molar-refractivity contribution is 0.186. The third kappa shape index (κ3) is 3.51. The second kappa shape index (κ2) is 6.80. The Labute approximate surface area is 137 Å². The van der Waals surface area contributed by atoms with Gasteiger partial charge in [0.1, 0.15) is 5.82 Å². The second-order valence-corrected chi connectivity index (χ2v) is 5.73. The normalized spacial score (nSPS) is 11.2. The summed E-state index contributed by atoms with van der Waals surface area (Å²) in [4.78, 5) is 16.6.